The van der Waals surface area contributed by atoms with Crippen LogP contribution in [0.5, 0.6) is 0 Å². The van der Waals surface area contributed by atoms with E-state index in [1.54, 1.807) is 0 Å². The van der Waals surface area contributed by atoms with Crippen LogP contribution < -0.4 is 10.9 Å². The van der Waals surface area contributed by atoms with E-state index >= 15 is 0 Å². The van der Waals surface area contributed by atoms with Crippen LogP contribution in [0.3, 0.4) is 0 Å². The minimum atomic E-state index is -0.102. The van der Waals surface area contributed by atoms with Gasteiger partial charge in [0.1, 0.15) is 5.82 Å². The molecule has 1 fully saturated rings. The molecule has 2 N–H and O–H groups in total. The molecule has 1 saturated carbocycles. The smallest absolute Gasteiger partial charge is 0.252 e. The molecule has 0 amide bonds. The van der Waals surface area contributed by atoms with Crippen molar-refractivity contribution in [3.8, 4) is 0 Å². The fourth-order valence-corrected chi connectivity index (χ4v) is 2.72. The molecule has 1 heterocycles. The van der Waals surface area contributed by atoms with Gasteiger partial charge in [-0.2, -0.15) is 0 Å². The van der Waals surface area contributed by atoms with E-state index in [1.807, 2.05) is 0 Å². The van der Waals surface area contributed by atoms with Crippen molar-refractivity contribution < 1.29 is 0 Å². The number of hydrogen-bond donors (Lipinski definition) is 2. The van der Waals surface area contributed by atoms with Crippen molar-refractivity contribution in [2.45, 2.75) is 39.2 Å². The molecule has 2 atom stereocenters. The molecule has 1 aliphatic carbocycles. The highest BCUT2D eigenvalue weighted by molar-refractivity contribution is 5.33. The van der Waals surface area contributed by atoms with Crippen LogP contribution in [0.4, 0.5) is 5.82 Å². The Hall–Kier alpha value is -1.32. The normalized spacial score (nSPS) is 30.0. The maximum Gasteiger partial charge on any atom is 0.252 e. The summed E-state index contributed by atoms with van der Waals surface area (Å²) < 4.78 is 0. The molecule has 1 aliphatic rings. The van der Waals surface area contributed by atoms with E-state index in [9.17, 15) is 4.79 Å². The maximum absolute atomic E-state index is 11.1. The van der Waals surface area contributed by atoms with Gasteiger partial charge in [0.15, 0.2) is 0 Å². The van der Waals surface area contributed by atoms with Crippen LogP contribution in [-0.2, 0) is 0 Å². The van der Waals surface area contributed by atoms with E-state index in [-0.39, 0.29) is 5.56 Å². The summed E-state index contributed by atoms with van der Waals surface area (Å²) >= 11 is 0. The molecular weight excluding hydrogens is 202 g/mol. The lowest BCUT2D eigenvalue weighted by Gasteiger charge is -2.32. The molecule has 0 radical (unpaired) electrons. The maximum atomic E-state index is 11.1. The Balaban J connectivity index is 2.01. The summed E-state index contributed by atoms with van der Waals surface area (Å²) in [7, 11) is 0. The van der Waals surface area contributed by atoms with Crippen molar-refractivity contribution in [2.24, 2.45) is 11.8 Å². The summed E-state index contributed by atoms with van der Waals surface area (Å²) in [4.78, 5) is 17.8. The van der Waals surface area contributed by atoms with Crippen molar-refractivity contribution in [2.75, 3.05) is 5.32 Å². The number of nitrogens with zero attached hydrogens (tertiary/aromatic N) is 1. The van der Waals surface area contributed by atoms with Crippen molar-refractivity contribution in [3.05, 3.63) is 22.7 Å². The predicted octanol–water partition coefficient (Wildman–Crippen LogP) is 2.01. The number of H-pyrrole nitrogens is 1. The van der Waals surface area contributed by atoms with Crippen molar-refractivity contribution in [3.63, 3.8) is 0 Å². The SMILES string of the molecule is CC1CC(C)CC(Nc2cc(=O)[nH]cn2)C1. The molecule has 4 nitrogen and oxygen atoms in total. The number of rotatable bonds is 2. The van der Waals surface area contributed by atoms with Gasteiger partial charge in [0, 0.05) is 12.1 Å². The summed E-state index contributed by atoms with van der Waals surface area (Å²) in [6.07, 6.45) is 5.08. The standard InChI is InChI=1S/C12H19N3O/c1-8-3-9(2)5-10(4-8)15-11-6-12(16)14-7-13-11/h6-10H,3-5H2,1-2H3,(H2,13,14,15,16). The first-order valence-electron chi connectivity index (χ1n) is 5.94. The molecular formula is C12H19N3O. The molecule has 2 unspecified atom stereocenters. The fourth-order valence-electron chi connectivity index (χ4n) is 2.72. The largest absolute Gasteiger partial charge is 0.367 e. The third kappa shape index (κ3) is 2.84. The van der Waals surface area contributed by atoms with Crippen LogP contribution in [0.15, 0.2) is 17.2 Å². The molecule has 4 heteroatoms. The second-order valence-corrected chi connectivity index (χ2v) is 5.06. The molecule has 0 aromatic carbocycles. The molecule has 0 saturated heterocycles. The second-order valence-electron chi connectivity index (χ2n) is 5.06. The zero-order valence-electron chi connectivity index (χ0n) is 9.86. The lowest BCUT2D eigenvalue weighted by molar-refractivity contribution is 0.280. The molecule has 0 bridgehead atoms. The van der Waals surface area contributed by atoms with Gasteiger partial charge in [-0.3, -0.25) is 4.79 Å². The van der Waals surface area contributed by atoms with E-state index < -0.39 is 0 Å². The van der Waals surface area contributed by atoms with Crippen LogP contribution in [0.2, 0.25) is 0 Å². The topological polar surface area (TPSA) is 57.8 Å². The van der Waals surface area contributed by atoms with Gasteiger partial charge in [0.05, 0.1) is 6.33 Å². The summed E-state index contributed by atoms with van der Waals surface area (Å²) in [6, 6.07) is 1.97. The number of aromatic amines is 1. The molecule has 0 spiro atoms. The zero-order chi connectivity index (χ0) is 11.5. The predicted molar refractivity (Wildman–Crippen MR) is 64.4 cm³/mol. The molecule has 1 aromatic heterocycles. The molecule has 2 rings (SSSR count). The first kappa shape index (κ1) is 11.2. The van der Waals surface area contributed by atoms with E-state index in [2.05, 4.69) is 29.1 Å². The summed E-state index contributed by atoms with van der Waals surface area (Å²) in [6.45, 7) is 4.57. The zero-order valence-corrected chi connectivity index (χ0v) is 9.86. The highest BCUT2D eigenvalue weighted by atomic mass is 16.1. The van der Waals surface area contributed by atoms with Crippen LogP contribution in [-0.4, -0.2) is 16.0 Å². The summed E-state index contributed by atoms with van der Waals surface area (Å²) in [5.74, 6) is 2.20. The van der Waals surface area contributed by atoms with E-state index in [0.717, 1.165) is 11.8 Å². The number of nitrogens with one attached hydrogen (secondary N) is 2. The summed E-state index contributed by atoms with van der Waals surface area (Å²) in [5.41, 5.74) is -0.102. The van der Waals surface area contributed by atoms with E-state index in [0.29, 0.717) is 11.9 Å². The van der Waals surface area contributed by atoms with E-state index in [4.69, 9.17) is 0 Å². The monoisotopic (exact) mass is 221 g/mol. The minimum Gasteiger partial charge on any atom is -0.367 e. The lowest BCUT2D eigenvalue weighted by Crippen LogP contribution is -2.30. The minimum absolute atomic E-state index is 0.102. The Morgan fingerprint density at radius 1 is 1.31 bits per heavy atom. The highest BCUT2D eigenvalue weighted by Crippen LogP contribution is 2.29. The third-order valence-electron chi connectivity index (χ3n) is 3.21. The highest BCUT2D eigenvalue weighted by Gasteiger charge is 2.23. The average molecular weight is 221 g/mol. The second kappa shape index (κ2) is 4.68. The molecule has 88 valence electrons. The Bertz CT molecular complexity index is 391. The van der Waals surface area contributed by atoms with Crippen molar-refractivity contribution in [1.82, 2.24) is 9.97 Å². The van der Waals surface area contributed by atoms with Crippen LogP contribution in [0.1, 0.15) is 33.1 Å². The van der Waals surface area contributed by atoms with Crippen LogP contribution in [0.25, 0.3) is 0 Å². The Morgan fingerprint density at radius 2 is 2.00 bits per heavy atom. The van der Waals surface area contributed by atoms with E-state index in [1.165, 1.54) is 31.7 Å². The fraction of sp³-hybridized carbons (Fsp3) is 0.667. The Labute approximate surface area is 95.5 Å². The quantitative estimate of drug-likeness (QED) is 0.803. The van der Waals surface area contributed by atoms with Gasteiger partial charge in [0.25, 0.3) is 5.56 Å². The van der Waals surface area contributed by atoms with Gasteiger partial charge in [-0.15, -0.1) is 0 Å². The van der Waals surface area contributed by atoms with Gasteiger partial charge in [-0.25, -0.2) is 4.98 Å². The Morgan fingerprint density at radius 3 is 2.62 bits per heavy atom. The number of anilines is 1. The van der Waals surface area contributed by atoms with Crippen LogP contribution in [0, 0.1) is 11.8 Å². The molecule has 1 aromatic rings. The number of hydrogen-bond acceptors (Lipinski definition) is 3. The van der Waals surface area contributed by atoms with Gasteiger partial charge in [-0.05, 0) is 31.1 Å². The molecule has 0 aliphatic heterocycles. The number of aromatic nitrogens is 2. The van der Waals surface area contributed by atoms with Gasteiger partial charge < -0.3 is 10.3 Å². The van der Waals surface area contributed by atoms with Gasteiger partial charge in [-0.1, -0.05) is 13.8 Å². The van der Waals surface area contributed by atoms with Crippen molar-refractivity contribution in [1.29, 1.82) is 0 Å². The first-order valence-corrected chi connectivity index (χ1v) is 5.94. The summed E-state index contributed by atoms with van der Waals surface area (Å²) in [5, 5.41) is 3.35. The first-order chi connectivity index (χ1) is 7.63. The van der Waals surface area contributed by atoms with Gasteiger partial charge >= 0.3 is 0 Å². The van der Waals surface area contributed by atoms with Crippen molar-refractivity contribution >= 4 is 5.82 Å². The lowest BCUT2D eigenvalue weighted by atomic mass is 9.80. The third-order valence-corrected chi connectivity index (χ3v) is 3.21. The molecule has 16 heavy (non-hydrogen) atoms. The average Bonchev–Trinajstić information content (AvgIpc) is 2.15. The van der Waals surface area contributed by atoms with Gasteiger partial charge in [0.2, 0.25) is 0 Å². The Kier molecular flexibility index (Phi) is 3.27. The van der Waals surface area contributed by atoms with Crippen LogP contribution >= 0.6 is 0 Å².